The van der Waals surface area contributed by atoms with E-state index in [0.717, 1.165) is 25.7 Å². The lowest BCUT2D eigenvalue weighted by Crippen LogP contribution is -2.18. The molecule has 1 aliphatic rings. The van der Waals surface area contributed by atoms with Crippen LogP contribution in [0.4, 0.5) is 5.82 Å². The van der Waals surface area contributed by atoms with Crippen LogP contribution in [0, 0.1) is 5.92 Å². The number of Topliss-reactive ketones (excluding diaryl/α,β-unsaturated/α-hetero) is 1. The molecule has 0 atom stereocenters. The van der Waals surface area contributed by atoms with Crippen LogP contribution in [0.3, 0.4) is 0 Å². The number of nitrogens with zero attached hydrogens (tertiary/aromatic N) is 1. The highest BCUT2D eigenvalue weighted by molar-refractivity contribution is 6.31. The van der Waals surface area contributed by atoms with Crippen LogP contribution < -0.4 is 5.73 Å². The second-order valence-corrected chi connectivity index (χ2v) is 5.43. The van der Waals surface area contributed by atoms with E-state index < -0.39 is 0 Å². The minimum atomic E-state index is 0.0906. The second-order valence-electron chi connectivity index (χ2n) is 4.99. The van der Waals surface area contributed by atoms with Crippen molar-refractivity contribution >= 4 is 23.2 Å². The van der Waals surface area contributed by atoms with Crippen LogP contribution >= 0.6 is 11.6 Å². The zero-order valence-electron chi connectivity index (χ0n) is 10.5. The van der Waals surface area contributed by atoms with Gasteiger partial charge in [0.05, 0.1) is 10.6 Å². The predicted octanol–water partition coefficient (Wildman–Crippen LogP) is 3.86. The van der Waals surface area contributed by atoms with Crippen molar-refractivity contribution in [2.75, 3.05) is 5.73 Å². The Hall–Kier alpha value is -1.09. The molecular formula is C14H19ClN2O. The maximum atomic E-state index is 12.5. The molecule has 1 aromatic heterocycles. The summed E-state index contributed by atoms with van der Waals surface area (Å²) in [6.45, 7) is 0. The summed E-state index contributed by atoms with van der Waals surface area (Å²) in [6.07, 6.45) is 9.41. The Morgan fingerprint density at radius 3 is 2.50 bits per heavy atom. The summed E-state index contributed by atoms with van der Waals surface area (Å²) in [5.74, 6) is 0.503. The lowest BCUT2D eigenvalue weighted by Gasteiger charge is -2.19. The van der Waals surface area contributed by atoms with Gasteiger partial charge in [-0.2, -0.15) is 0 Å². The molecule has 0 radical (unpaired) electrons. The van der Waals surface area contributed by atoms with Crippen molar-refractivity contribution in [3.05, 3.63) is 22.8 Å². The van der Waals surface area contributed by atoms with Crippen molar-refractivity contribution in [3.8, 4) is 0 Å². The molecule has 0 bridgehead atoms. The molecule has 18 heavy (non-hydrogen) atoms. The van der Waals surface area contributed by atoms with Crippen LogP contribution in [0.2, 0.25) is 5.02 Å². The Labute approximate surface area is 113 Å². The molecule has 0 aliphatic heterocycles. The zero-order valence-corrected chi connectivity index (χ0v) is 11.2. The largest absolute Gasteiger partial charge is 0.383 e. The van der Waals surface area contributed by atoms with E-state index in [4.69, 9.17) is 17.3 Å². The van der Waals surface area contributed by atoms with Crippen LogP contribution in [-0.4, -0.2) is 10.8 Å². The lowest BCUT2D eigenvalue weighted by molar-refractivity contribution is 0.0899. The Bertz CT molecular complexity index is 426. The molecule has 0 aromatic carbocycles. The molecule has 0 spiro atoms. The molecule has 3 nitrogen and oxygen atoms in total. The number of carbonyl (C=O) groups is 1. The lowest BCUT2D eigenvalue weighted by atomic mass is 9.86. The molecule has 98 valence electrons. The van der Waals surface area contributed by atoms with Gasteiger partial charge >= 0.3 is 0 Å². The average molecular weight is 267 g/mol. The van der Waals surface area contributed by atoms with Crippen LogP contribution in [0.5, 0.6) is 0 Å². The Kier molecular flexibility index (Phi) is 4.59. The third-order valence-corrected chi connectivity index (χ3v) is 3.83. The minimum absolute atomic E-state index is 0.0906. The van der Waals surface area contributed by atoms with E-state index >= 15 is 0 Å². The van der Waals surface area contributed by atoms with E-state index in [-0.39, 0.29) is 11.7 Å². The summed E-state index contributed by atoms with van der Waals surface area (Å²) in [5.41, 5.74) is 6.27. The van der Waals surface area contributed by atoms with Crippen molar-refractivity contribution in [2.45, 2.75) is 44.9 Å². The van der Waals surface area contributed by atoms with Gasteiger partial charge in [-0.3, -0.25) is 4.79 Å². The molecule has 4 heteroatoms. The average Bonchev–Trinajstić information content (AvgIpc) is 2.31. The Morgan fingerprint density at radius 2 is 1.83 bits per heavy atom. The number of ketones is 1. The van der Waals surface area contributed by atoms with E-state index in [1.165, 1.54) is 25.5 Å². The van der Waals surface area contributed by atoms with Gasteiger partial charge in [0.1, 0.15) is 5.82 Å². The first-order chi connectivity index (χ1) is 8.68. The van der Waals surface area contributed by atoms with Gasteiger partial charge in [0.15, 0.2) is 5.78 Å². The van der Waals surface area contributed by atoms with Gasteiger partial charge in [0.25, 0.3) is 0 Å². The highest BCUT2D eigenvalue weighted by atomic mass is 35.5. The predicted molar refractivity (Wildman–Crippen MR) is 73.8 cm³/mol. The quantitative estimate of drug-likeness (QED) is 0.827. The van der Waals surface area contributed by atoms with Gasteiger partial charge in [0.2, 0.25) is 0 Å². The molecule has 2 rings (SSSR count). The summed E-state index contributed by atoms with van der Waals surface area (Å²) in [5, 5.41) is 0.471. The van der Waals surface area contributed by atoms with E-state index in [1.54, 1.807) is 6.07 Å². The Balaban J connectivity index is 2.15. The van der Waals surface area contributed by atoms with E-state index in [9.17, 15) is 4.79 Å². The first-order valence-electron chi connectivity index (χ1n) is 6.63. The first-order valence-corrected chi connectivity index (χ1v) is 7.01. The van der Waals surface area contributed by atoms with E-state index in [1.807, 2.05) is 0 Å². The SMILES string of the molecule is Nc1ncc(Cl)cc1C(=O)C1CCCCCCC1. The third-order valence-electron chi connectivity index (χ3n) is 3.63. The highest BCUT2D eigenvalue weighted by Crippen LogP contribution is 2.27. The molecule has 1 aliphatic carbocycles. The number of halogens is 1. The van der Waals surface area contributed by atoms with Crippen molar-refractivity contribution in [1.29, 1.82) is 0 Å². The van der Waals surface area contributed by atoms with Gasteiger partial charge in [-0.05, 0) is 18.9 Å². The fourth-order valence-electron chi connectivity index (χ4n) is 2.59. The Morgan fingerprint density at radius 1 is 1.22 bits per heavy atom. The summed E-state index contributed by atoms with van der Waals surface area (Å²) < 4.78 is 0. The van der Waals surface area contributed by atoms with E-state index in [0.29, 0.717) is 16.4 Å². The van der Waals surface area contributed by atoms with Crippen LogP contribution in [0.15, 0.2) is 12.3 Å². The molecular weight excluding hydrogens is 248 g/mol. The van der Waals surface area contributed by atoms with Crippen molar-refractivity contribution in [2.24, 2.45) is 5.92 Å². The highest BCUT2D eigenvalue weighted by Gasteiger charge is 2.23. The van der Waals surface area contributed by atoms with Gasteiger partial charge in [-0.1, -0.05) is 43.7 Å². The number of hydrogen-bond donors (Lipinski definition) is 1. The van der Waals surface area contributed by atoms with Gasteiger partial charge < -0.3 is 5.73 Å². The summed E-state index contributed by atoms with van der Waals surface area (Å²) in [6, 6.07) is 1.64. The molecule has 1 aromatic rings. The normalized spacial score (nSPS) is 18.1. The number of pyridine rings is 1. The van der Waals surface area contributed by atoms with Crippen LogP contribution in [-0.2, 0) is 0 Å². The van der Waals surface area contributed by atoms with E-state index in [2.05, 4.69) is 4.98 Å². The van der Waals surface area contributed by atoms with Crippen LogP contribution in [0.25, 0.3) is 0 Å². The van der Waals surface area contributed by atoms with Crippen LogP contribution in [0.1, 0.15) is 55.3 Å². The molecule has 0 amide bonds. The molecule has 0 unspecified atom stereocenters. The first kappa shape index (κ1) is 13.3. The number of nitrogens with two attached hydrogens (primary N) is 1. The second kappa shape index (κ2) is 6.19. The fraction of sp³-hybridized carbons (Fsp3) is 0.571. The monoisotopic (exact) mass is 266 g/mol. The number of hydrogen-bond acceptors (Lipinski definition) is 3. The molecule has 2 N–H and O–H groups in total. The molecule has 1 fully saturated rings. The van der Waals surface area contributed by atoms with Crippen molar-refractivity contribution < 1.29 is 4.79 Å². The molecule has 0 saturated heterocycles. The smallest absolute Gasteiger partial charge is 0.169 e. The fourth-order valence-corrected chi connectivity index (χ4v) is 2.74. The van der Waals surface area contributed by atoms with Gasteiger partial charge in [0, 0.05) is 12.1 Å². The maximum Gasteiger partial charge on any atom is 0.169 e. The minimum Gasteiger partial charge on any atom is -0.383 e. The summed E-state index contributed by atoms with van der Waals surface area (Å²) in [7, 11) is 0. The summed E-state index contributed by atoms with van der Waals surface area (Å²) >= 11 is 5.89. The van der Waals surface area contributed by atoms with Gasteiger partial charge in [-0.25, -0.2) is 4.98 Å². The molecule has 1 heterocycles. The third kappa shape index (κ3) is 3.22. The van der Waals surface area contributed by atoms with Crippen molar-refractivity contribution in [3.63, 3.8) is 0 Å². The topological polar surface area (TPSA) is 56.0 Å². The standard InChI is InChI=1S/C14H19ClN2O/c15-11-8-12(14(16)17-9-11)13(18)10-6-4-2-1-3-5-7-10/h8-10H,1-7H2,(H2,16,17). The molecule has 1 saturated carbocycles. The van der Waals surface area contributed by atoms with Gasteiger partial charge in [-0.15, -0.1) is 0 Å². The van der Waals surface area contributed by atoms with Crippen molar-refractivity contribution in [1.82, 2.24) is 4.98 Å². The number of nitrogen functional groups attached to an aromatic ring is 1. The zero-order chi connectivity index (χ0) is 13.0. The number of carbonyl (C=O) groups excluding carboxylic acids is 1. The maximum absolute atomic E-state index is 12.5. The number of aromatic nitrogens is 1. The number of rotatable bonds is 2. The summed E-state index contributed by atoms with van der Waals surface area (Å²) in [4.78, 5) is 16.4. The number of anilines is 1.